The number of benzene rings is 2. The summed E-state index contributed by atoms with van der Waals surface area (Å²) in [6, 6.07) is 16.7. The molecule has 0 saturated heterocycles. The Morgan fingerprint density at radius 2 is 1.84 bits per heavy atom. The lowest BCUT2D eigenvalue weighted by atomic mass is 9.75. The molecule has 5 nitrogen and oxygen atoms in total. The molecule has 1 aliphatic rings. The fourth-order valence-electron chi connectivity index (χ4n) is 4.59. The molecular weight excluding hydrogens is 420 g/mol. The molecule has 1 fully saturated rings. The lowest BCUT2D eigenvalue weighted by Gasteiger charge is -2.36. The maximum absolute atomic E-state index is 13.3. The Hall–Kier alpha value is -2.60. The van der Waals surface area contributed by atoms with E-state index in [0.29, 0.717) is 33.8 Å². The Kier molecular flexibility index (Phi) is 6.99. The fraction of sp³-hybridized carbons (Fsp3) is 0.423. The van der Waals surface area contributed by atoms with Crippen LogP contribution in [-0.2, 0) is 9.53 Å². The van der Waals surface area contributed by atoms with Crippen LogP contribution < -0.4 is 5.56 Å². The average molecular weight is 451 g/mol. The van der Waals surface area contributed by atoms with E-state index in [9.17, 15) is 9.59 Å². The van der Waals surface area contributed by atoms with E-state index in [0.717, 1.165) is 18.5 Å². The van der Waals surface area contributed by atoms with Crippen LogP contribution in [0.4, 0.5) is 0 Å². The van der Waals surface area contributed by atoms with Crippen molar-refractivity contribution in [2.24, 2.45) is 17.8 Å². The first-order valence-corrected chi connectivity index (χ1v) is 12.3. The smallest absolute Gasteiger partial charge is 0.316 e. The number of rotatable bonds is 6. The molecule has 0 amide bonds. The van der Waals surface area contributed by atoms with Crippen LogP contribution >= 0.6 is 11.8 Å². The first-order valence-electron chi connectivity index (χ1n) is 11.3. The lowest BCUT2D eigenvalue weighted by molar-refractivity contribution is -0.152. The first-order chi connectivity index (χ1) is 15.4. The normalized spacial score (nSPS) is 21.1. The van der Waals surface area contributed by atoms with Crippen LogP contribution in [0.25, 0.3) is 16.6 Å². The highest BCUT2D eigenvalue weighted by molar-refractivity contribution is 7.99. The number of fused-ring (bicyclic) bond motifs is 1. The van der Waals surface area contributed by atoms with Gasteiger partial charge < -0.3 is 4.74 Å². The van der Waals surface area contributed by atoms with Gasteiger partial charge in [-0.15, -0.1) is 0 Å². The van der Waals surface area contributed by atoms with E-state index in [1.54, 1.807) is 10.6 Å². The SMILES string of the molecule is CC(C)[C@H]1CC[C@@H](C)C[C@H]1OC(=O)CSc1nc2ccccc2c(=O)n1-c1ccccc1. The van der Waals surface area contributed by atoms with Crippen molar-refractivity contribution in [3.8, 4) is 5.69 Å². The van der Waals surface area contributed by atoms with E-state index in [4.69, 9.17) is 9.72 Å². The second kappa shape index (κ2) is 9.90. The fourth-order valence-corrected chi connectivity index (χ4v) is 5.39. The summed E-state index contributed by atoms with van der Waals surface area (Å²) < 4.78 is 7.53. The van der Waals surface area contributed by atoms with Gasteiger partial charge in [0, 0.05) is 0 Å². The summed E-state index contributed by atoms with van der Waals surface area (Å²) in [7, 11) is 0. The quantitative estimate of drug-likeness (QED) is 0.283. The Balaban J connectivity index is 1.57. The molecule has 1 heterocycles. The van der Waals surface area contributed by atoms with Crippen LogP contribution in [0.15, 0.2) is 64.5 Å². The second-order valence-corrected chi connectivity index (χ2v) is 9.97. The minimum Gasteiger partial charge on any atom is -0.461 e. The third-order valence-corrected chi connectivity index (χ3v) is 7.23. The van der Waals surface area contributed by atoms with Gasteiger partial charge >= 0.3 is 5.97 Å². The zero-order valence-electron chi connectivity index (χ0n) is 18.9. The Labute approximate surface area is 193 Å². The summed E-state index contributed by atoms with van der Waals surface area (Å²) in [5.74, 6) is 1.33. The molecule has 6 heteroatoms. The maximum Gasteiger partial charge on any atom is 0.316 e. The van der Waals surface area contributed by atoms with Crippen LogP contribution in [0.1, 0.15) is 40.0 Å². The number of aromatic nitrogens is 2. The number of thioether (sulfide) groups is 1. The van der Waals surface area contributed by atoms with E-state index in [1.165, 1.54) is 18.2 Å². The highest BCUT2D eigenvalue weighted by Crippen LogP contribution is 2.35. The largest absolute Gasteiger partial charge is 0.461 e. The average Bonchev–Trinajstić information content (AvgIpc) is 2.78. The van der Waals surface area contributed by atoms with Crippen molar-refractivity contribution in [1.29, 1.82) is 0 Å². The van der Waals surface area contributed by atoms with Crippen molar-refractivity contribution in [3.63, 3.8) is 0 Å². The number of carbonyl (C=O) groups is 1. The molecule has 4 rings (SSSR count). The molecule has 0 radical (unpaired) electrons. The van der Waals surface area contributed by atoms with Gasteiger partial charge in [0.05, 0.1) is 22.3 Å². The summed E-state index contributed by atoms with van der Waals surface area (Å²) in [6.07, 6.45) is 3.18. The first kappa shape index (κ1) is 22.6. The minimum absolute atomic E-state index is 0.0345. The minimum atomic E-state index is -0.248. The topological polar surface area (TPSA) is 61.2 Å². The zero-order chi connectivity index (χ0) is 22.7. The summed E-state index contributed by atoms with van der Waals surface area (Å²) in [5, 5.41) is 1.05. The highest BCUT2D eigenvalue weighted by atomic mass is 32.2. The van der Waals surface area contributed by atoms with E-state index in [-0.39, 0.29) is 23.4 Å². The van der Waals surface area contributed by atoms with Gasteiger partial charge in [-0.05, 0) is 54.9 Å². The molecule has 168 valence electrons. The molecular formula is C26H30N2O3S. The van der Waals surface area contributed by atoms with Crippen molar-refractivity contribution >= 4 is 28.6 Å². The van der Waals surface area contributed by atoms with Crippen molar-refractivity contribution in [1.82, 2.24) is 9.55 Å². The molecule has 2 aromatic carbocycles. The molecule has 0 aliphatic heterocycles. The van der Waals surface area contributed by atoms with Crippen LogP contribution in [0, 0.1) is 17.8 Å². The molecule has 0 unspecified atom stereocenters. The number of para-hydroxylation sites is 2. The molecule has 1 aliphatic carbocycles. The monoisotopic (exact) mass is 450 g/mol. The molecule has 0 N–H and O–H groups in total. The van der Waals surface area contributed by atoms with Crippen LogP contribution in [-0.4, -0.2) is 27.4 Å². The standard InChI is InChI=1S/C26H30N2O3S/c1-17(2)20-14-13-18(3)15-23(20)31-24(29)16-32-26-27-22-12-8-7-11-21(22)25(30)28(26)19-9-5-4-6-10-19/h4-12,17-18,20,23H,13-16H2,1-3H3/t18-,20-,23-/m1/s1. The van der Waals surface area contributed by atoms with Crippen LogP contribution in [0.2, 0.25) is 0 Å². The van der Waals surface area contributed by atoms with E-state index >= 15 is 0 Å². The van der Waals surface area contributed by atoms with Crippen LogP contribution in [0.3, 0.4) is 0 Å². The zero-order valence-corrected chi connectivity index (χ0v) is 19.7. The van der Waals surface area contributed by atoms with E-state index in [1.807, 2.05) is 48.5 Å². The van der Waals surface area contributed by atoms with Gasteiger partial charge in [0.2, 0.25) is 0 Å². The summed E-state index contributed by atoms with van der Waals surface area (Å²) in [5.41, 5.74) is 1.22. The summed E-state index contributed by atoms with van der Waals surface area (Å²) >= 11 is 1.26. The van der Waals surface area contributed by atoms with Crippen molar-refractivity contribution in [3.05, 3.63) is 65.0 Å². The number of hydrogen-bond acceptors (Lipinski definition) is 5. The van der Waals surface area contributed by atoms with Gasteiger partial charge in [0.15, 0.2) is 5.16 Å². The van der Waals surface area contributed by atoms with Crippen molar-refractivity contribution in [2.75, 3.05) is 5.75 Å². The Morgan fingerprint density at radius 1 is 1.12 bits per heavy atom. The third-order valence-electron chi connectivity index (χ3n) is 6.32. The van der Waals surface area contributed by atoms with Gasteiger partial charge in [-0.2, -0.15) is 0 Å². The number of hydrogen-bond donors (Lipinski definition) is 0. The Bertz CT molecular complexity index is 1140. The van der Waals surface area contributed by atoms with Crippen molar-refractivity contribution in [2.45, 2.75) is 51.3 Å². The molecule has 0 spiro atoms. The van der Waals surface area contributed by atoms with E-state index < -0.39 is 0 Å². The molecule has 0 bridgehead atoms. The van der Waals surface area contributed by atoms with E-state index in [2.05, 4.69) is 20.8 Å². The maximum atomic E-state index is 13.3. The Morgan fingerprint density at radius 3 is 2.59 bits per heavy atom. The summed E-state index contributed by atoms with van der Waals surface area (Å²) in [4.78, 5) is 30.8. The van der Waals surface area contributed by atoms with Crippen molar-refractivity contribution < 1.29 is 9.53 Å². The van der Waals surface area contributed by atoms with Gasteiger partial charge in [-0.1, -0.05) is 69.3 Å². The molecule has 3 atom stereocenters. The number of ether oxygens (including phenoxy) is 1. The van der Waals surface area contributed by atoms with Gasteiger partial charge in [-0.25, -0.2) is 4.98 Å². The molecule has 3 aromatic rings. The predicted octanol–water partition coefficient (Wildman–Crippen LogP) is 5.48. The van der Waals surface area contributed by atoms with Crippen LogP contribution in [0.5, 0.6) is 0 Å². The van der Waals surface area contributed by atoms with Gasteiger partial charge in [-0.3, -0.25) is 14.2 Å². The van der Waals surface area contributed by atoms with Gasteiger partial charge in [0.25, 0.3) is 5.56 Å². The highest BCUT2D eigenvalue weighted by Gasteiger charge is 2.33. The predicted molar refractivity (Wildman–Crippen MR) is 129 cm³/mol. The second-order valence-electron chi connectivity index (χ2n) is 9.03. The molecule has 1 aromatic heterocycles. The summed E-state index contributed by atoms with van der Waals surface area (Å²) in [6.45, 7) is 6.63. The number of esters is 1. The lowest BCUT2D eigenvalue weighted by Crippen LogP contribution is -2.36. The molecule has 1 saturated carbocycles. The number of carbonyl (C=O) groups excluding carboxylic acids is 1. The van der Waals surface area contributed by atoms with Gasteiger partial charge in [0.1, 0.15) is 6.10 Å². The number of nitrogens with zero attached hydrogens (tertiary/aromatic N) is 2. The third kappa shape index (κ3) is 4.90. The molecule has 32 heavy (non-hydrogen) atoms.